The first-order valence-corrected chi connectivity index (χ1v) is 5.22. The number of fused-ring (bicyclic) bond motifs is 1. The van der Waals surface area contributed by atoms with E-state index in [-0.39, 0.29) is 12.3 Å². The molecule has 2 rings (SSSR count). The highest BCUT2D eigenvalue weighted by Gasteiger charge is 2.07. The van der Waals surface area contributed by atoms with E-state index < -0.39 is 0 Å². The molecule has 0 aliphatic rings. The van der Waals surface area contributed by atoms with Crippen molar-refractivity contribution in [1.82, 2.24) is 4.98 Å². The van der Waals surface area contributed by atoms with Crippen LogP contribution in [0.2, 0.25) is 0 Å². The van der Waals surface area contributed by atoms with Crippen molar-refractivity contribution >= 4 is 16.8 Å². The van der Waals surface area contributed by atoms with Crippen molar-refractivity contribution in [2.24, 2.45) is 5.73 Å². The lowest BCUT2D eigenvalue weighted by molar-refractivity contribution is -0.117. The zero-order valence-electron chi connectivity index (χ0n) is 9.45. The van der Waals surface area contributed by atoms with Crippen molar-refractivity contribution in [1.29, 1.82) is 0 Å². The molecular formula is C13H14N2O. The lowest BCUT2D eigenvalue weighted by Crippen LogP contribution is -2.14. The van der Waals surface area contributed by atoms with Crippen LogP contribution in [0.3, 0.4) is 0 Å². The van der Waals surface area contributed by atoms with Crippen molar-refractivity contribution in [3.05, 3.63) is 41.1 Å². The Morgan fingerprint density at radius 2 is 2.12 bits per heavy atom. The molecular weight excluding hydrogens is 200 g/mol. The van der Waals surface area contributed by atoms with Gasteiger partial charge in [0.15, 0.2) is 0 Å². The van der Waals surface area contributed by atoms with Gasteiger partial charge in [0.2, 0.25) is 5.91 Å². The van der Waals surface area contributed by atoms with E-state index in [1.165, 1.54) is 0 Å². The monoisotopic (exact) mass is 214 g/mol. The topological polar surface area (TPSA) is 56.0 Å². The minimum atomic E-state index is -0.312. The number of primary amides is 1. The van der Waals surface area contributed by atoms with Gasteiger partial charge in [0.25, 0.3) is 0 Å². The van der Waals surface area contributed by atoms with Gasteiger partial charge in [-0.2, -0.15) is 0 Å². The molecule has 0 saturated carbocycles. The minimum Gasteiger partial charge on any atom is -0.369 e. The van der Waals surface area contributed by atoms with E-state index in [1.807, 2.05) is 38.1 Å². The molecule has 0 spiro atoms. The van der Waals surface area contributed by atoms with Gasteiger partial charge >= 0.3 is 0 Å². The molecule has 0 atom stereocenters. The maximum atomic E-state index is 11.0. The molecule has 0 aliphatic heterocycles. The number of benzene rings is 1. The summed E-state index contributed by atoms with van der Waals surface area (Å²) in [6, 6.07) is 7.89. The van der Waals surface area contributed by atoms with Gasteiger partial charge in [0.05, 0.1) is 11.9 Å². The lowest BCUT2D eigenvalue weighted by atomic mass is 10.0. The molecule has 0 bridgehead atoms. The maximum absolute atomic E-state index is 11.0. The SMILES string of the molecule is Cc1cc(CC(N)=O)c2cccc(C)c2n1. The molecule has 3 nitrogen and oxygen atoms in total. The quantitative estimate of drug-likeness (QED) is 0.829. The van der Waals surface area contributed by atoms with Crippen molar-refractivity contribution < 1.29 is 4.79 Å². The van der Waals surface area contributed by atoms with Gasteiger partial charge in [0.1, 0.15) is 0 Å². The summed E-state index contributed by atoms with van der Waals surface area (Å²) in [7, 11) is 0. The number of hydrogen-bond acceptors (Lipinski definition) is 2. The zero-order valence-corrected chi connectivity index (χ0v) is 9.45. The predicted octanol–water partition coefficient (Wildman–Crippen LogP) is 1.88. The van der Waals surface area contributed by atoms with Crippen LogP contribution in [0.25, 0.3) is 10.9 Å². The summed E-state index contributed by atoms with van der Waals surface area (Å²) < 4.78 is 0. The predicted molar refractivity (Wildman–Crippen MR) is 64.1 cm³/mol. The number of para-hydroxylation sites is 1. The number of carbonyl (C=O) groups is 1. The van der Waals surface area contributed by atoms with E-state index in [4.69, 9.17) is 5.73 Å². The number of hydrogen-bond donors (Lipinski definition) is 1. The van der Waals surface area contributed by atoms with Crippen molar-refractivity contribution in [3.63, 3.8) is 0 Å². The first kappa shape index (κ1) is 10.6. The number of aryl methyl sites for hydroxylation is 2. The lowest BCUT2D eigenvalue weighted by Gasteiger charge is -2.08. The van der Waals surface area contributed by atoms with Crippen LogP contribution in [0.15, 0.2) is 24.3 Å². The third kappa shape index (κ3) is 1.89. The molecule has 1 heterocycles. The summed E-state index contributed by atoms with van der Waals surface area (Å²) >= 11 is 0. The van der Waals surface area contributed by atoms with E-state index in [0.29, 0.717) is 0 Å². The molecule has 0 unspecified atom stereocenters. The van der Waals surface area contributed by atoms with Crippen LogP contribution in [0.5, 0.6) is 0 Å². The highest BCUT2D eigenvalue weighted by Crippen LogP contribution is 2.21. The number of pyridine rings is 1. The molecule has 1 aromatic heterocycles. The van der Waals surface area contributed by atoms with Gasteiger partial charge in [0, 0.05) is 11.1 Å². The number of amides is 1. The first-order chi connectivity index (χ1) is 7.58. The molecule has 0 fully saturated rings. The average molecular weight is 214 g/mol. The Balaban J connectivity index is 2.72. The summed E-state index contributed by atoms with van der Waals surface area (Å²) in [5.74, 6) is -0.312. The molecule has 1 amide bonds. The smallest absolute Gasteiger partial charge is 0.221 e. The third-order valence-electron chi connectivity index (χ3n) is 2.62. The summed E-state index contributed by atoms with van der Waals surface area (Å²) in [5, 5.41) is 1.02. The fourth-order valence-electron chi connectivity index (χ4n) is 1.94. The Morgan fingerprint density at radius 1 is 1.38 bits per heavy atom. The fraction of sp³-hybridized carbons (Fsp3) is 0.231. The Hall–Kier alpha value is -1.90. The highest BCUT2D eigenvalue weighted by atomic mass is 16.1. The van der Waals surface area contributed by atoms with Crippen LogP contribution >= 0.6 is 0 Å². The molecule has 82 valence electrons. The summed E-state index contributed by atoms with van der Waals surface area (Å²) in [5.41, 5.74) is 9.19. The molecule has 2 N–H and O–H groups in total. The van der Waals surface area contributed by atoms with E-state index >= 15 is 0 Å². The van der Waals surface area contributed by atoms with Crippen LogP contribution in [0.4, 0.5) is 0 Å². The molecule has 0 radical (unpaired) electrons. The molecule has 0 saturated heterocycles. The van der Waals surface area contributed by atoms with Crippen LogP contribution in [-0.2, 0) is 11.2 Å². The van der Waals surface area contributed by atoms with Gasteiger partial charge in [-0.25, -0.2) is 0 Å². The molecule has 0 aliphatic carbocycles. The minimum absolute atomic E-state index is 0.267. The van der Waals surface area contributed by atoms with Crippen LogP contribution in [0, 0.1) is 13.8 Å². The van der Waals surface area contributed by atoms with E-state index in [2.05, 4.69) is 4.98 Å². The van der Waals surface area contributed by atoms with Crippen molar-refractivity contribution in [2.75, 3.05) is 0 Å². The van der Waals surface area contributed by atoms with Gasteiger partial charge in [-0.15, -0.1) is 0 Å². The standard InChI is InChI=1S/C13H14N2O/c1-8-4-3-5-11-10(7-12(14)16)6-9(2)15-13(8)11/h3-6H,7H2,1-2H3,(H2,14,16). The van der Waals surface area contributed by atoms with Crippen molar-refractivity contribution in [2.45, 2.75) is 20.3 Å². The Bertz CT molecular complexity index is 561. The summed E-state index contributed by atoms with van der Waals surface area (Å²) in [4.78, 5) is 15.5. The largest absolute Gasteiger partial charge is 0.369 e. The highest BCUT2D eigenvalue weighted by molar-refractivity contribution is 5.89. The summed E-state index contributed by atoms with van der Waals surface area (Å²) in [6.07, 6.45) is 0.267. The van der Waals surface area contributed by atoms with Crippen molar-refractivity contribution in [3.8, 4) is 0 Å². The molecule has 1 aromatic carbocycles. The van der Waals surface area contributed by atoms with E-state index in [9.17, 15) is 4.79 Å². The second kappa shape index (κ2) is 3.93. The number of rotatable bonds is 2. The third-order valence-corrected chi connectivity index (χ3v) is 2.62. The second-order valence-electron chi connectivity index (χ2n) is 4.04. The summed E-state index contributed by atoms with van der Waals surface area (Å²) in [6.45, 7) is 3.94. The van der Waals surface area contributed by atoms with Crippen LogP contribution in [0.1, 0.15) is 16.8 Å². The zero-order chi connectivity index (χ0) is 11.7. The Kier molecular flexibility index (Phi) is 2.60. The van der Waals surface area contributed by atoms with Gasteiger partial charge in [-0.3, -0.25) is 9.78 Å². The Morgan fingerprint density at radius 3 is 2.81 bits per heavy atom. The van der Waals surface area contributed by atoms with E-state index in [0.717, 1.165) is 27.7 Å². The van der Waals surface area contributed by atoms with Gasteiger partial charge in [-0.05, 0) is 31.0 Å². The second-order valence-corrected chi connectivity index (χ2v) is 4.04. The normalized spacial score (nSPS) is 10.6. The average Bonchev–Trinajstić information content (AvgIpc) is 2.18. The van der Waals surface area contributed by atoms with Crippen LogP contribution in [-0.4, -0.2) is 10.9 Å². The van der Waals surface area contributed by atoms with Crippen LogP contribution < -0.4 is 5.73 Å². The first-order valence-electron chi connectivity index (χ1n) is 5.22. The number of carbonyl (C=O) groups excluding carboxylic acids is 1. The van der Waals surface area contributed by atoms with E-state index in [1.54, 1.807) is 0 Å². The Labute approximate surface area is 94.3 Å². The number of nitrogens with two attached hydrogens (primary N) is 1. The fourth-order valence-corrected chi connectivity index (χ4v) is 1.94. The maximum Gasteiger partial charge on any atom is 0.221 e. The van der Waals surface area contributed by atoms with Gasteiger partial charge < -0.3 is 5.73 Å². The molecule has 2 aromatic rings. The number of nitrogens with zero attached hydrogens (tertiary/aromatic N) is 1. The van der Waals surface area contributed by atoms with Gasteiger partial charge in [-0.1, -0.05) is 18.2 Å². The molecule has 16 heavy (non-hydrogen) atoms. The number of aromatic nitrogens is 1. The molecule has 3 heteroatoms.